The van der Waals surface area contributed by atoms with Crippen molar-refractivity contribution in [2.24, 2.45) is 0 Å². The van der Waals surface area contributed by atoms with Crippen LogP contribution in [0.5, 0.6) is 0 Å². The predicted molar refractivity (Wildman–Crippen MR) is 120 cm³/mol. The zero-order valence-corrected chi connectivity index (χ0v) is 17.8. The Morgan fingerprint density at radius 1 is 1.17 bits per heavy atom. The fourth-order valence-electron chi connectivity index (χ4n) is 2.88. The van der Waals surface area contributed by atoms with Crippen molar-refractivity contribution in [3.05, 3.63) is 83.2 Å². The number of hydrogen-bond donors (Lipinski definition) is 1. The van der Waals surface area contributed by atoms with Crippen LogP contribution in [0.25, 0.3) is 0 Å². The Bertz CT molecular complexity index is 988. The van der Waals surface area contributed by atoms with Crippen LogP contribution in [0.2, 0.25) is 5.02 Å². The van der Waals surface area contributed by atoms with Gasteiger partial charge in [0.25, 0.3) is 0 Å². The summed E-state index contributed by atoms with van der Waals surface area (Å²) >= 11 is 7.48. The van der Waals surface area contributed by atoms with E-state index < -0.39 is 0 Å². The third-order valence-electron chi connectivity index (χ3n) is 4.46. The number of carbonyl (C=O) groups is 1. The third kappa shape index (κ3) is 5.71. The summed E-state index contributed by atoms with van der Waals surface area (Å²) in [4.78, 5) is 12.4. The summed E-state index contributed by atoms with van der Waals surface area (Å²) in [7, 11) is 0. The Kier molecular flexibility index (Phi) is 7.49. The molecule has 1 N–H and O–H groups in total. The molecule has 1 aromatic heterocycles. The Hall–Kier alpha value is -2.57. The van der Waals surface area contributed by atoms with Crippen molar-refractivity contribution in [3.8, 4) is 0 Å². The van der Waals surface area contributed by atoms with Crippen LogP contribution in [-0.2, 0) is 24.2 Å². The molecule has 0 aliphatic carbocycles. The second-order valence-corrected chi connectivity index (χ2v) is 7.88. The SMILES string of the molecule is C=CCn1c(CCc2ccccc2)nnc1SCC(=O)Nc1cccc(Cl)c1C. The van der Waals surface area contributed by atoms with Gasteiger partial charge in [-0.2, -0.15) is 0 Å². The number of nitrogens with one attached hydrogen (secondary N) is 1. The average molecular weight is 427 g/mol. The van der Waals surface area contributed by atoms with Gasteiger partial charge in [-0.3, -0.25) is 4.79 Å². The van der Waals surface area contributed by atoms with Crippen molar-refractivity contribution in [2.45, 2.75) is 31.5 Å². The molecule has 29 heavy (non-hydrogen) atoms. The molecular formula is C22H23ClN4OS. The molecule has 2 aromatic carbocycles. The van der Waals surface area contributed by atoms with Crippen LogP contribution in [0.15, 0.2) is 66.3 Å². The van der Waals surface area contributed by atoms with Crippen LogP contribution in [0.1, 0.15) is 17.0 Å². The molecule has 3 rings (SSSR count). The summed E-state index contributed by atoms with van der Waals surface area (Å²) in [5.41, 5.74) is 2.83. The first-order valence-corrected chi connectivity index (χ1v) is 10.7. The van der Waals surface area contributed by atoms with E-state index in [-0.39, 0.29) is 11.7 Å². The minimum atomic E-state index is -0.112. The summed E-state index contributed by atoms with van der Waals surface area (Å²) < 4.78 is 2.01. The van der Waals surface area contributed by atoms with Crippen LogP contribution in [0.3, 0.4) is 0 Å². The maximum atomic E-state index is 12.4. The summed E-state index contributed by atoms with van der Waals surface area (Å²) in [6, 6.07) is 15.7. The molecule has 0 spiro atoms. The molecule has 150 valence electrons. The van der Waals surface area contributed by atoms with Crippen molar-refractivity contribution >= 4 is 35.0 Å². The zero-order chi connectivity index (χ0) is 20.6. The molecule has 0 aliphatic heterocycles. The van der Waals surface area contributed by atoms with E-state index in [0.717, 1.165) is 29.9 Å². The predicted octanol–water partition coefficient (Wildman–Crippen LogP) is 4.94. The second kappa shape index (κ2) is 10.3. The lowest BCUT2D eigenvalue weighted by Crippen LogP contribution is -2.15. The number of amides is 1. The molecule has 0 unspecified atom stereocenters. The van der Waals surface area contributed by atoms with Crippen molar-refractivity contribution in [3.63, 3.8) is 0 Å². The van der Waals surface area contributed by atoms with E-state index in [2.05, 4.69) is 34.2 Å². The Balaban J connectivity index is 1.62. The van der Waals surface area contributed by atoms with Gasteiger partial charge in [0.1, 0.15) is 5.82 Å². The van der Waals surface area contributed by atoms with Gasteiger partial charge in [-0.25, -0.2) is 0 Å². The quantitative estimate of drug-likeness (QED) is 0.388. The highest BCUT2D eigenvalue weighted by atomic mass is 35.5. The standard InChI is InChI=1S/C22H23ClN4OS/c1-3-14-27-20(13-12-17-8-5-4-6-9-17)25-26-22(27)29-15-21(28)24-19-11-7-10-18(23)16(19)2/h3-11H,1,12-15H2,2H3,(H,24,28). The molecule has 0 fully saturated rings. The molecule has 0 radical (unpaired) electrons. The summed E-state index contributed by atoms with van der Waals surface area (Å²) in [6.07, 6.45) is 3.48. The lowest BCUT2D eigenvalue weighted by Gasteiger charge is -2.10. The number of rotatable bonds is 9. The van der Waals surface area contributed by atoms with E-state index in [1.165, 1.54) is 17.3 Å². The van der Waals surface area contributed by atoms with Gasteiger partial charge in [-0.1, -0.05) is 65.8 Å². The highest BCUT2D eigenvalue weighted by molar-refractivity contribution is 7.99. The molecule has 1 amide bonds. The number of halogens is 1. The van der Waals surface area contributed by atoms with E-state index in [1.54, 1.807) is 6.07 Å². The Morgan fingerprint density at radius 3 is 2.72 bits per heavy atom. The molecule has 3 aromatic rings. The Labute approximate surface area is 180 Å². The van der Waals surface area contributed by atoms with Crippen LogP contribution >= 0.6 is 23.4 Å². The van der Waals surface area contributed by atoms with E-state index in [4.69, 9.17) is 11.6 Å². The summed E-state index contributed by atoms with van der Waals surface area (Å²) in [6.45, 7) is 6.31. The first kappa shape index (κ1) is 21.1. The maximum absolute atomic E-state index is 12.4. The lowest BCUT2D eigenvalue weighted by molar-refractivity contribution is -0.113. The number of aryl methyl sites for hydroxylation is 2. The van der Waals surface area contributed by atoms with E-state index >= 15 is 0 Å². The van der Waals surface area contributed by atoms with Gasteiger partial charge in [0.05, 0.1) is 5.75 Å². The largest absolute Gasteiger partial charge is 0.325 e. The summed E-state index contributed by atoms with van der Waals surface area (Å²) in [5.74, 6) is 1.02. The first-order valence-electron chi connectivity index (χ1n) is 9.33. The van der Waals surface area contributed by atoms with Crippen molar-refractivity contribution < 1.29 is 4.79 Å². The fourth-order valence-corrected chi connectivity index (χ4v) is 3.82. The van der Waals surface area contributed by atoms with Crippen molar-refractivity contribution in [2.75, 3.05) is 11.1 Å². The van der Waals surface area contributed by atoms with Crippen LogP contribution in [0, 0.1) is 6.92 Å². The van der Waals surface area contributed by atoms with E-state index in [0.29, 0.717) is 16.7 Å². The van der Waals surface area contributed by atoms with Gasteiger partial charge in [0.2, 0.25) is 5.91 Å². The van der Waals surface area contributed by atoms with Crippen LogP contribution in [0.4, 0.5) is 5.69 Å². The van der Waals surface area contributed by atoms with E-state index in [9.17, 15) is 4.79 Å². The topological polar surface area (TPSA) is 59.8 Å². The molecule has 0 bridgehead atoms. The zero-order valence-electron chi connectivity index (χ0n) is 16.3. The first-order chi connectivity index (χ1) is 14.1. The highest BCUT2D eigenvalue weighted by Crippen LogP contribution is 2.24. The molecule has 1 heterocycles. The summed E-state index contributed by atoms with van der Waals surface area (Å²) in [5, 5.41) is 12.9. The van der Waals surface area contributed by atoms with Crippen molar-refractivity contribution in [1.82, 2.24) is 14.8 Å². The minimum Gasteiger partial charge on any atom is -0.325 e. The lowest BCUT2D eigenvalue weighted by atomic mass is 10.1. The number of aromatic nitrogens is 3. The molecule has 0 atom stereocenters. The molecule has 0 saturated heterocycles. The van der Waals surface area contributed by atoms with Gasteiger partial charge in [0, 0.05) is 23.7 Å². The second-order valence-electron chi connectivity index (χ2n) is 6.53. The van der Waals surface area contributed by atoms with Crippen LogP contribution < -0.4 is 5.32 Å². The van der Waals surface area contributed by atoms with Gasteiger partial charge >= 0.3 is 0 Å². The van der Waals surface area contributed by atoms with Crippen LogP contribution in [-0.4, -0.2) is 26.4 Å². The molecule has 7 heteroatoms. The third-order valence-corrected chi connectivity index (χ3v) is 5.84. The van der Waals surface area contributed by atoms with Gasteiger partial charge in [0.15, 0.2) is 5.16 Å². The van der Waals surface area contributed by atoms with Gasteiger partial charge < -0.3 is 9.88 Å². The molecule has 5 nitrogen and oxygen atoms in total. The average Bonchev–Trinajstić information content (AvgIpc) is 3.11. The number of thioether (sulfide) groups is 1. The van der Waals surface area contributed by atoms with Gasteiger partial charge in [-0.15, -0.1) is 16.8 Å². The fraction of sp³-hybridized carbons (Fsp3) is 0.227. The normalized spacial score (nSPS) is 10.7. The van der Waals surface area contributed by atoms with Crippen molar-refractivity contribution in [1.29, 1.82) is 0 Å². The van der Waals surface area contributed by atoms with E-state index in [1.807, 2.05) is 47.9 Å². The maximum Gasteiger partial charge on any atom is 0.234 e. The molecular weight excluding hydrogens is 404 g/mol. The minimum absolute atomic E-state index is 0.112. The smallest absolute Gasteiger partial charge is 0.234 e. The number of hydrogen-bond acceptors (Lipinski definition) is 4. The van der Waals surface area contributed by atoms with Gasteiger partial charge in [-0.05, 0) is 36.6 Å². The number of allylic oxidation sites excluding steroid dienone is 1. The number of anilines is 1. The monoisotopic (exact) mass is 426 g/mol. The number of carbonyl (C=O) groups excluding carboxylic acids is 1. The number of nitrogens with zero attached hydrogens (tertiary/aromatic N) is 3. The Morgan fingerprint density at radius 2 is 1.97 bits per heavy atom. The highest BCUT2D eigenvalue weighted by Gasteiger charge is 2.14. The molecule has 0 saturated carbocycles. The number of benzene rings is 2. The molecule has 0 aliphatic rings.